The number of nitrogens with zero attached hydrogens (tertiary/aromatic N) is 3. The van der Waals surface area contributed by atoms with Crippen molar-refractivity contribution in [1.29, 1.82) is 0 Å². The molecule has 1 amide bonds. The van der Waals surface area contributed by atoms with Crippen LogP contribution in [0.15, 0.2) is 28.9 Å². The highest BCUT2D eigenvalue weighted by Crippen LogP contribution is 2.20. The van der Waals surface area contributed by atoms with E-state index in [1.165, 1.54) is 0 Å². The summed E-state index contributed by atoms with van der Waals surface area (Å²) in [4.78, 5) is 23.1. The number of furan rings is 1. The SMILES string of the molecule is Cc1cc(C(=O)NCC2CCCN(c3ncccn3)C2)c(C)o1. The third-order valence-corrected chi connectivity index (χ3v) is 4.19. The smallest absolute Gasteiger partial charge is 0.254 e. The molecule has 6 nitrogen and oxygen atoms in total. The van der Waals surface area contributed by atoms with Gasteiger partial charge in [0.05, 0.1) is 5.56 Å². The summed E-state index contributed by atoms with van der Waals surface area (Å²) in [6, 6.07) is 3.61. The van der Waals surface area contributed by atoms with Crippen LogP contribution in [0.1, 0.15) is 34.7 Å². The van der Waals surface area contributed by atoms with Crippen molar-refractivity contribution in [2.24, 2.45) is 5.92 Å². The van der Waals surface area contributed by atoms with Crippen molar-refractivity contribution < 1.29 is 9.21 Å². The number of piperidine rings is 1. The minimum atomic E-state index is -0.0626. The molecule has 3 heterocycles. The van der Waals surface area contributed by atoms with Gasteiger partial charge in [0.2, 0.25) is 5.95 Å². The number of aryl methyl sites for hydroxylation is 2. The van der Waals surface area contributed by atoms with E-state index in [4.69, 9.17) is 4.42 Å². The number of aromatic nitrogens is 2. The monoisotopic (exact) mass is 314 g/mol. The van der Waals surface area contributed by atoms with E-state index < -0.39 is 0 Å². The molecular weight excluding hydrogens is 292 g/mol. The normalized spacial score (nSPS) is 18.0. The lowest BCUT2D eigenvalue weighted by Gasteiger charge is -2.32. The van der Waals surface area contributed by atoms with Crippen LogP contribution in [0.5, 0.6) is 0 Å². The average Bonchev–Trinajstić information content (AvgIpc) is 2.92. The molecule has 1 N–H and O–H groups in total. The van der Waals surface area contributed by atoms with Gasteiger partial charge < -0.3 is 14.6 Å². The van der Waals surface area contributed by atoms with E-state index in [1.54, 1.807) is 18.5 Å². The maximum Gasteiger partial charge on any atom is 0.254 e. The molecule has 1 unspecified atom stereocenters. The number of carbonyl (C=O) groups excluding carboxylic acids is 1. The van der Waals surface area contributed by atoms with Crippen LogP contribution in [-0.4, -0.2) is 35.5 Å². The molecule has 2 aromatic heterocycles. The largest absolute Gasteiger partial charge is 0.466 e. The Morgan fingerprint density at radius 1 is 1.39 bits per heavy atom. The Hall–Kier alpha value is -2.37. The zero-order chi connectivity index (χ0) is 16.2. The first-order chi connectivity index (χ1) is 11.1. The van der Waals surface area contributed by atoms with E-state index in [9.17, 15) is 4.79 Å². The third kappa shape index (κ3) is 3.70. The third-order valence-electron chi connectivity index (χ3n) is 4.19. The molecule has 6 heteroatoms. The van der Waals surface area contributed by atoms with Crippen LogP contribution in [0.2, 0.25) is 0 Å². The molecule has 1 aliphatic rings. The van der Waals surface area contributed by atoms with Gasteiger partial charge in [0.1, 0.15) is 11.5 Å². The van der Waals surface area contributed by atoms with Gasteiger partial charge in [0.25, 0.3) is 5.91 Å². The van der Waals surface area contributed by atoms with Crippen molar-refractivity contribution in [2.45, 2.75) is 26.7 Å². The maximum absolute atomic E-state index is 12.3. The van der Waals surface area contributed by atoms with Crippen LogP contribution in [-0.2, 0) is 0 Å². The van der Waals surface area contributed by atoms with Crippen molar-refractivity contribution in [1.82, 2.24) is 15.3 Å². The molecule has 0 spiro atoms. The van der Waals surface area contributed by atoms with Crippen LogP contribution >= 0.6 is 0 Å². The molecule has 0 saturated carbocycles. The fourth-order valence-electron chi connectivity index (χ4n) is 3.06. The Bertz CT molecular complexity index is 668. The minimum absolute atomic E-state index is 0.0626. The summed E-state index contributed by atoms with van der Waals surface area (Å²) in [6.07, 6.45) is 5.71. The van der Waals surface area contributed by atoms with Gasteiger partial charge in [0, 0.05) is 32.0 Å². The summed E-state index contributed by atoms with van der Waals surface area (Å²) in [5, 5.41) is 3.03. The van der Waals surface area contributed by atoms with E-state index >= 15 is 0 Å². The molecular formula is C17H22N4O2. The second kappa shape index (κ2) is 6.81. The fourth-order valence-corrected chi connectivity index (χ4v) is 3.06. The number of rotatable bonds is 4. The molecule has 3 rings (SSSR count). The van der Waals surface area contributed by atoms with Crippen LogP contribution < -0.4 is 10.2 Å². The summed E-state index contributed by atoms with van der Waals surface area (Å²) in [5.74, 6) is 2.54. The van der Waals surface area contributed by atoms with Gasteiger partial charge in [-0.25, -0.2) is 9.97 Å². The summed E-state index contributed by atoms with van der Waals surface area (Å²) < 4.78 is 5.42. The van der Waals surface area contributed by atoms with Gasteiger partial charge in [-0.2, -0.15) is 0 Å². The van der Waals surface area contributed by atoms with Gasteiger partial charge in [-0.1, -0.05) is 0 Å². The molecule has 2 aromatic rings. The summed E-state index contributed by atoms with van der Waals surface area (Å²) in [5.41, 5.74) is 0.626. The summed E-state index contributed by atoms with van der Waals surface area (Å²) in [6.45, 7) is 6.16. The molecule has 0 bridgehead atoms. The fraction of sp³-hybridized carbons (Fsp3) is 0.471. The highest BCUT2D eigenvalue weighted by molar-refractivity contribution is 5.95. The Morgan fingerprint density at radius 3 is 2.87 bits per heavy atom. The van der Waals surface area contributed by atoms with Crippen molar-refractivity contribution in [2.75, 3.05) is 24.5 Å². The topological polar surface area (TPSA) is 71.3 Å². The quantitative estimate of drug-likeness (QED) is 0.938. The number of anilines is 1. The van der Waals surface area contributed by atoms with Crippen molar-refractivity contribution >= 4 is 11.9 Å². The molecule has 23 heavy (non-hydrogen) atoms. The number of hydrogen-bond donors (Lipinski definition) is 1. The minimum Gasteiger partial charge on any atom is -0.466 e. The highest BCUT2D eigenvalue weighted by Gasteiger charge is 2.22. The molecule has 0 aliphatic carbocycles. The first kappa shape index (κ1) is 15.5. The van der Waals surface area contributed by atoms with Gasteiger partial charge in [0.15, 0.2) is 0 Å². The Morgan fingerprint density at radius 2 is 2.17 bits per heavy atom. The van der Waals surface area contributed by atoms with Crippen molar-refractivity contribution in [3.8, 4) is 0 Å². The zero-order valence-electron chi connectivity index (χ0n) is 13.6. The molecule has 0 aromatic carbocycles. The van der Waals surface area contributed by atoms with Gasteiger partial charge in [-0.15, -0.1) is 0 Å². The first-order valence-corrected chi connectivity index (χ1v) is 8.00. The van der Waals surface area contributed by atoms with Crippen LogP contribution in [0.3, 0.4) is 0 Å². The molecule has 1 aliphatic heterocycles. The molecule has 1 saturated heterocycles. The maximum atomic E-state index is 12.3. The second-order valence-corrected chi connectivity index (χ2v) is 6.04. The number of carbonyl (C=O) groups is 1. The van der Waals surface area contributed by atoms with E-state index in [2.05, 4.69) is 20.2 Å². The molecule has 1 atom stereocenters. The molecule has 122 valence electrons. The molecule has 1 fully saturated rings. The van der Waals surface area contributed by atoms with Gasteiger partial charge >= 0.3 is 0 Å². The van der Waals surface area contributed by atoms with Crippen molar-refractivity contribution in [3.05, 3.63) is 41.6 Å². The first-order valence-electron chi connectivity index (χ1n) is 8.00. The Labute approximate surface area is 135 Å². The Kier molecular flexibility index (Phi) is 4.60. The van der Waals surface area contributed by atoms with E-state index in [-0.39, 0.29) is 5.91 Å². The van der Waals surface area contributed by atoms with E-state index in [1.807, 2.05) is 19.9 Å². The van der Waals surface area contributed by atoms with Gasteiger partial charge in [-0.3, -0.25) is 4.79 Å². The van der Waals surface area contributed by atoms with Crippen LogP contribution in [0.4, 0.5) is 5.95 Å². The number of hydrogen-bond acceptors (Lipinski definition) is 5. The summed E-state index contributed by atoms with van der Waals surface area (Å²) in [7, 11) is 0. The lowest BCUT2D eigenvalue weighted by molar-refractivity contribution is 0.0944. The standard InChI is InChI=1S/C17H22N4O2/c1-12-9-15(13(2)23-12)16(22)20-10-14-5-3-8-21(11-14)17-18-6-4-7-19-17/h4,6-7,9,14H,3,5,8,10-11H2,1-2H3,(H,20,22). The van der Waals surface area contributed by atoms with E-state index in [0.717, 1.165) is 37.6 Å². The number of amides is 1. The van der Waals surface area contributed by atoms with Gasteiger partial charge in [-0.05, 0) is 44.7 Å². The molecule has 0 radical (unpaired) electrons. The van der Waals surface area contributed by atoms with Crippen molar-refractivity contribution in [3.63, 3.8) is 0 Å². The predicted molar refractivity (Wildman–Crippen MR) is 87.5 cm³/mol. The lowest BCUT2D eigenvalue weighted by atomic mass is 9.98. The summed E-state index contributed by atoms with van der Waals surface area (Å²) >= 11 is 0. The van der Waals surface area contributed by atoms with E-state index in [0.29, 0.717) is 23.8 Å². The lowest BCUT2D eigenvalue weighted by Crippen LogP contribution is -2.41. The predicted octanol–water partition coefficient (Wildman–Crippen LogP) is 2.33. The zero-order valence-corrected chi connectivity index (χ0v) is 13.6. The average molecular weight is 314 g/mol. The number of nitrogens with one attached hydrogen (secondary N) is 1. The Balaban J connectivity index is 1.56. The van der Waals surface area contributed by atoms with Crippen LogP contribution in [0.25, 0.3) is 0 Å². The van der Waals surface area contributed by atoms with Crippen LogP contribution in [0, 0.1) is 19.8 Å². The second-order valence-electron chi connectivity index (χ2n) is 6.04. The highest BCUT2D eigenvalue weighted by atomic mass is 16.3.